The van der Waals surface area contributed by atoms with Crippen LogP contribution in [0.25, 0.3) is 5.65 Å². The van der Waals surface area contributed by atoms with Gasteiger partial charge in [-0.15, -0.1) is 0 Å². The van der Waals surface area contributed by atoms with Crippen LogP contribution in [-0.4, -0.2) is 34.5 Å². The molecular formula is C31H35FN4O2. The molecular weight excluding hydrogens is 479 g/mol. The number of hydrogen-bond donors (Lipinski definition) is 1. The van der Waals surface area contributed by atoms with E-state index in [0.29, 0.717) is 22.9 Å². The molecule has 0 saturated carbocycles. The van der Waals surface area contributed by atoms with Crippen molar-refractivity contribution in [2.75, 3.05) is 18.0 Å². The number of benzene rings is 2. The highest BCUT2D eigenvalue weighted by Gasteiger charge is 2.22. The van der Waals surface area contributed by atoms with Crippen LogP contribution in [0.2, 0.25) is 0 Å². The van der Waals surface area contributed by atoms with Crippen molar-refractivity contribution in [3.05, 3.63) is 94.7 Å². The summed E-state index contributed by atoms with van der Waals surface area (Å²) in [6.07, 6.45) is 3.93. The second-order valence-corrected chi connectivity index (χ2v) is 10.4. The first kappa shape index (κ1) is 25.8. The van der Waals surface area contributed by atoms with Crippen molar-refractivity contribution >= 4 is 17.2 Å². The minimum Gasteiger partial charge on any atom is -0.491 e. The second kappa shape index (κ2) is 10.9. The molecule has 0 spiro atoms. The fourth-order valence-electron chi connectivity index (χ4n) is 5.24. The molecule has 5 rings (SSSR count). The zero-order chi connectivity index (χ0) is 26.8. The maximum absolute atomic E-state index is 15.1. The van der Waals surface area contributed by atoms with E-state index in [9.17, 15) is 4.79 Å². The number of amides is 1. The quantitative estimate of drug-likeness (QED) is 0.319. The molecule has 0 atom stereocenters. The van der Waals surface area contributed by atoms with Gasteiger partial charge in [0.1, 0.15) is 22.9 Å². The Kier molecular flexibility index (Phi) is 7.36. The Morgan fingerprint density at radius 3 is 2.50 bits per heavy atom. The lowest BCUT2D eigenvalue weighted by atomic mass is 9.88. The van der Waals surface area contributed by atoms with Crippen molar-refractivity contribution in [2.24, 2.45) is 0 Å². The number of halogens is 1. The Hall–Kier alpha value is -3.87. The van der Waals surface area contributed by atoms with Crippen molar-refractivity contribution in [2.45, 2.75) is 59.1 Å². The van der Waals surface area contributed by atoms with Crippen molar-refractivity contribution in [3.8, 4) is 5.75 Å². The molecule has 1 amide bonds. The van der Waals surface area contributed by atoms with Crippen LogP contribution < -0.4 is 15.0 Å². The van der Waals surface area contributed by atoms with Crippen molar-refractivity contribution < 1.29 is 13.9 Å². The molecule has 1 aliphatic heterocycles. The van der Waals surface area contributed by atoms with Gasteiger partial charge < -0.3 is 15.0 Å². The van der Waals surface area contributed by atoms with Gasteiger partial charge >= 0.3 is 0 Å². The zero-order valence-corrected chi connectivity index (χ0v) is 22.5. The molecule has 1 fully saturated rings. The number of carbonyl (C=O) groups is 1. The van der Waals surface area contributed by atoms with Gasteiger partial charge in [-0.2, -0.15) is 0 Å². The number of rotatable bonds is 7. The Labute approximate surface area is 223 Å². The summed E-state index contributed by atoms with van der Waals surface area (Å²) in [6, 6.07) is 17.6. The molecule has 7 heteroatoms. The Morgan fingerprint density at radius 1 is 1.08 bits per heavy atom. The standard InChI is InChI=1S/C31H35FN4O2/c1-20(2)38-27-9-7-26(8-10-27)35-14-12-23(13-15-35)24-5-6-25(28(32)18-24)19-33-31(37)30-22(4)34-29-17-21(3)11-16-36(29)30/h5-11,16-18,20,23H,12-15,19H2,1-4H3,(H,33,37). The second-order valence-electron chi connectivity index (χ2n) is 10.4. The number of aromatic nitrogens is 2. The predicted molar refractivity (Wildman–Crippen MR) is 149 cm³/mol. The molecule has 4 aromatic rings. The van der Waals surface area contributed by atoms with Crippen molar-refractivity contribution in [1.82, 2.24) is 14.7 Å². The van der Waals surface area contributed by atoms with Gasteiger partial charge in [0.25, 0.3) is 5.91 Å². The van der Waals surface area contributed by atoms with Gasteiger partial charge in [-0.05, 0) is 100 Å². The predicted octanol–water partition coefficient (Wildman–Crippen LogP) is 6.19. The van der Waals surface area contributed by atoms with Crippen LogP contribution in [0.1, 0.15) is 65.5 Å². The minimum absolute atomic E-state index is 0.123. The number of imidazole rings is 1. The summed E-state index contributed by atoms with van der Waals surface area (Å²) < 4.78 is 22.6. The maximum Gasteiger partial charge on any atom is 0.270 e. The zero-order valence-electron chi connectivity index (χ0n) is 22.5. The Balaban J connectivity index is 1.18. The lowest BCUT2D eigenvalue weighted by molar-refractivity contribution is 0.0944. The van der Waals surface area contributed by atoms with Gasteiger partial charge in [0.2, 0.25) is 0 Å². The average molecular weight is 515 g/mol. The van der Waals surface area contributed by atoms with Crippen LogP contribution in [0.15, 0.2) is 60.8 Å². The first-order chi connectivity index (χ1) is 18.3. The largest absolute Gasteiger partial charge is 0.491 e. The van der Waals surface area contributed by atoms with Gasteiger partial charge in [0, 0.05) is 37.1 Å². The van der Waals surface area contributed by atoms with E-state index >= 15 is 4.39 Å². The smallest absolute Gasteiger partial charge is 0.270 e. The molecule has 38 heavy (non-hydrogen) atoms. The number of nitrogens with one attached hydrogen (secondary N) is 1. The molecule has 0 aliphatic carbocycles. The van der Waals surface area contributed by atoms with Crippen molar-refractivity contribution in [3.63, 3.8) is 0 Å². The highest BCUT2D eigenvalue weighted by atomic mass is 19.1. The van der Waals surface area contributed by atoms with Gasteiger partial charge in [-0.1, -0.05) is 12.1 Å². The summed E-state index contributed by atoms with van der Waals surface area (Å²) in [5.41, 5.74) is 5.62. The molecule has 1 saturated heterocycles. The Morgan fingerprint density at radius 2 is 1.82 bits per heavy atom. The van der Waals surface area contributed by atoms with Crippen LogP contribution in [0.4, 0.5) is 10.1 Å². The maximum atomic E-state index is 15.1. The highest BCUT2D eigenvalue weighted by molar-refractivity contribution is 5.94. The molecule has 6 nitrogen and oxygen atoms in total. The summed E-state index contributed by atoms with van der Waals surface area (Å²) in [5.74, 6) is 0.654. The van der Waals surface area contributed by atoms with E-state index in [4.69, 9.17) is 4.74 Å². The molecule has 2 aromatic heterocycles. The Bertz CT molecular complexity index is 1440. The molecule has 0 bridgehead atoms. The third-order valence-corrected chi connectivity index (χ3v) is 7.23. The fraction of sp³-hybridized carbons (Fsp3) is 0.355. The first-order valence-corrected chi connectivity index (χ1v) is 13.3. The molecule has 1 aliphatic rings. The van der Waals surface area contributed by atoms with E-state index in [1.807, 2.05) is 64.2 Å². The normalized spacial score (nSPS) is 14.3. The van der Waals surface area contributed by atoms with Crippen LogP contribution in [0.3, 0.4) is 0 Å². The lowest BCUT2D eigenvalue weighted by Gasteiger charge is -2.34. The number of piperidine rings is 1. The number of hydrogen-bond acceptors (Lipinski definition) is 4. The number of aryl methyl sites for hydroxylation is 2. The molecule has 3 heterocycles. The van der Waals surface area contributed by atoms with Crippen LogP contribution in [0, 0.1) is 19.7 Å². The van der Waals surface area contributed by atoms with Gasteiger partial charge in [0.05, 0.1) is 11.8 Å². The monoisotopic (exact) mass is 514 g/mol. The minimum atomic E-state index is -0.281. The topological polar surface area (TPSA) is 58.9 Å². The number of anilines is 1. The van der Waals surface area contributed by atoms with Crippen molar-refractivity contribution in [1.29, 1.82) is 0 Å². The van der Waals surface area contributed by atoms with Gasteiger partial charge in [-0.3, -0.25) is 9.20 Å². The summed E-state index contributed by atoms with van der Waals surface area (Å²) in [6.45, 7) is 9.82. The van der Waals surface area contributed by atoms with Gasteiger partial charge in [0.15, 0.2) is 0 Å². The van der Waals surface area contributed by atoms with E-state index in [1.165, 1.54) is 5.69 Å². The fourth-order valence-corrected chi connectivity index (χ4v) is 5.24. The number of ether oxygens (including phenoxy) is 1. The third kappa shape index (κ3) is 5.52. The molecule has 198 valence electrons. The van der Waals surface area contributed by atoms with Gasteiger partial charge in [-0.25, -0.2) is 9.37 Å². The van der Waals surface area contributed by atoms with E-state index < -0.39 is 0 Å². The number of carbonyl (C=O) groups excluding carboxylic acids is 1. The molecule has 0 unspecified atom stereocenters. The average Bonchev–Trinajstić information content (AvgIpc) is 3.22. The van der Waals surface area contributed by atoms with Crippen LogP contribution >= 0.6 is 0 Å². The summed E-state index contributed by atoms with van der Waals surface area (Å²) >= 11 is 0. The van der Waals surface area contributed by atoms with E-state index in [2.05, 4.69) is 27.3 Å². The van der Waals surface area contributed by atoms with E-state index in [0.717, 1.165) is 48.5 Å². The van der Waals surface area contributed by atoms with Crippen LogP contribution in [-0.2, 0) is 6.54 Å². The summed E-state index contributed by atoms with van der Waals surface area (Å²) in [4.78, 5) is 19.8. The molecule has 2 aromatic carbocycles. The summed E-state index contributed by atoms with van der Waals surface area (Å²) in [5, 5.41) is 2.87. The van der Waals surface area contributed by atoms with E-state index in [1.54, 1.807) is 16.5 Å². The number of nitrogens with zero attached hydrogens (tertiary/aromatic N) is 3. The lowest BCUT2D eigenvalue weighted by Crippen LogP contribution is -2.32. The number of pyridine rings is 1. The third-order valence-electron chi connectivity index (χ3n) is 7.23. The highest BCUT2D eigenvalue weighted by Crippen LogP contribution is 2.32. The summed E-state index contributed by atoms with van der Waals surface area (Å²) in [7, 11) is 0. The SMILES string of the molecule is Cc1ccn2c(C(=O)NCc3ccc(C4CCN(c5ccc(OC(C)C)cc5)CC4)cc3F)c(C)nc2c1. The number of fused-ring (bicyclic) bond motifs is 1. The first-order valence-electron chi connectivity index (χ1n) is 13.3. The van der Waals surface area contributed by atoms with E-state index in [-0.39, 0.29) is 24.4 Å². The van der Waals surface area contributed by atoms with Crippen LogP contribution in [0.5, 0.6) is 5.75 Å². The molecule has 0 radical (unpaired) electrons. The molecule has 1 N–H and O–H groups in total.